The van der Waals surface area contributed by atoms with E-state index in [2.05, 4.69) is 21.7 Å². The van der Waals surface area contributed by atoms with Gasteiger partial charge in [-0.2, -0.15) is 0 Å². The maximum atomic E-state index is 11.5. The summed E-state index contributed by atoms with van der Waals surface area (Å²) in [6.07, 6.45) is 2.88. The maximum absolute atomic E-state index is 11.5. The molecular weight excluding hydrogens is 276 g/mol. The van der Waals surface area contributed by atoms with Gasteiger partial charge in [-0.1, -0.05) is 43.9 Å². The van der Waals surface area contributed by atoms with Gasteiger partial charge in [0.25, 0.3) is 0 Å². The maximum Gasteiger partial charge on any atom is 0.543 e. The molecule has 116 valence electrons. The van der Waals surface area contributed by atoms with E-state index in [0.29, 0.717) is 5.56 Å². The lowest BCUT2D eigenvalue weighted by Gasteiger charge is -2.04. The normalized spacial score (nSPS) is 10.0. The first-order valence-electron chi connectivity index (χ1n) is 6.92. The van der Waals surface area contributed by atoms with Crippen LogP contribution < -0.4 is 0 Å². The topological polar surface area (TPSA) is 71.1 Å². The zero-order valence-corrected chi connectivity index (χ0v) is 12.3. The molecule has 0 saturated heterocycles. The Morgan fingerprint density at radius 2 is 1.90 bits per heavy atom. The Hall–Kier alpha value is -2.08. The van der Waals surface area contributed by atoms with Crippen LogP contribution in [0.2, 0.25) is 0 Å². The predicted molar refractivity (Wildman–Crippen MR) is 74.3 cm³/mol. The molecule has 0 amide bonds. The van der Waals surface area contributed by atoms with Crippen molar-refractivity contribution in [3.63, 3.8) is 0 Å². The molecule has 0 spiro atoms. The summed E-state index contributed by atoms with van der Waals surface area (Å²) in [5, 5.41) is 4.11. The molecule has 6 nitrogen and oxygen atoms in total. The standard InChI is InChI=1S/C15H20O6/c1-3-4-5-6-10-18-15(17)20-21-19-14(16)13-9-7-8-12(2)11-13/h7-9,11H,3-6,10H2,1-2H3. The molecule has 21 heavy (non-hydrogen) atoms. The number of benzene rings is 1. The minimum absolute atomic E-state index is 0.244. The number of aryl methyl sites for hydroxylation is 1. The van der Waals surface area contributed by atoms with E-state index in [1.165, 1.54) is 0 Å². The van der Waals surface area contributed by atoms with Crippen molar-refractivity contribution in [1.29, 1.82) is 0 Å². The highest BCUT2D eigenvalue weighted by atomic mass is 17.5. The Bertz CT molecular complexity index is 457. The zero-order chi connectivity index (χ0) is 15.5. The van der Waals surface area contributed by atoms with E-state index >= 15 is 0 Å². The van der Waals surface area contributed by atoms with Crippen molar-refractivity contribution in [3.8, 4) is 0 Å². The molecule has 1 aromatic carbocycles. The molecule has 0 N–H and O–H groups in total. The minimum atomic E-state index is -1.04. The lowest BCUT2D eigenvalue weighted by molar-refractivity contribution is -0.452. The van der Waals surface area contributed by atoms with E-state index in [0.717, 1.165) is 31.2 Å². The molecular formula is C15H20O6. The van der Waals surface area contributed by atoms with Crippen LogP contribution >= 0.6 is 0 Å². The highest BCUT2D eigenvalue weighted by Gasteiger charge is 2.11. The Kier molecular flexibility index (Phi) is 7.89. The average molecular weight is 296 g/mol. The summed E-state index contributed by atoms with van der Waals surface area (Å²) in [7, 11) is 0. The second-order valence-electron chi connectivity index (χ2n) is 4.55. The molecule has 0 aromatic heterocycles. The van der Waals surface area contributed by atoms with E-state index in [9.17, 15) is 9.59 Å². The Morgan fingerprint density at radius 1 is 1.10 bits per heavy atom. The average Bonchev–Trinajstić information content (AvgIpc) is 2.47. The van der Waals surface area contributed by atoms with Gasteiger partial charge in [0.2, 0.25) is 0 Å². The summed E-state index contributed by atoms with van der Waals surface area (Å²) in [6.45, 7) is 4.17. The molecule has 0 aliphatic rings. The molecule has 0 heterocycles. The van der Waals surface area contributed by atoms with Crippen molar-refractivity contribution >= 4 is 12.1 Å². The van der Waals surface area contributed by atoms with Gasteiger partial charge in [0.15, 0.2) is 0 Å². The van der Waals surface area contributed by atoms with Crippen LogP contribution in [0.3, 0.4) is 0 Å². The SMILES string of the molecule is CCCCCCOC(=O)OOOC(=O)c1cccc(C)c1. The first-order chi connectivity index (χ1) is 10.1. The van der Waals surface area contributed by atoms with Gasteiger partial charge in [-0.25, -0.2) is 14.5 Å². The fourth-order valence-corrected chi connectivity index (χ4v) is 1.60. The third-order valence-corrected chi connectivity index (χ3v) is 2.68. The number of rotatable bonds is 8. The number of carbonyl (C=O) groups excluding carboxylic acids is 2. The van der Waals surface area contributed by atoms with Crippen molar-refractivity contribution in [2.24, 2.45) is 0 Å². The smallest absolute Gasteiger partial charge is 0.432 e. The van der Waals surface area contributed by atoms with E-state index in [-0.39, 0.29) is 6.61 Å². The number of unbranched alkanes of at least 4 members (excludes halogenated alkanes) is 3. The Balaban J connectivity index is 2.15. The molecule has 1 aromatic rings. The minimum Gasteiger partial charge on any atom is -0.432 e. The first kappa shape index (κ1) is 17.0. The van der Waals surface area contributed by atoms with Gasteiger partial charge in [-0.05, 0) is 25.5 Å². The lowest BCUT2D eigenvalue weighted by atomic mass is 10.1. The fraction of sp³-hybridized carbons (Fsp3) is 0.467. The second kappa shape index (κ2) is 9.77. The molecule has 6 heteroatoms. The van der Waals surface area contributed by atoms with Gasteiger partial charge >= 0.3 is 12.1 Å². The van der Waals surface area contributed by atoms with Gasteiger partial charge in [-0.15, -0.1) is 0 Å². The molecule has 0 bridgehead atoms. The summed E-state index contributed by atoms with van der Waals surface area (Å²) >= 11 is 0. The van der Waals surface area contributed by atoms with E-state index in [1.54, 1.807) is 18.2 Å². The van der Waals surface area contributed by atoms with Crippen LogP contribution in [0, 0.1) is 6.92 Å². The second-order valence-corrected chi connectivity index (χ2v) is 4.55. The van der Waals surface area contributed by atoms with E-state index in [1.807, 2.05) is 13.0 Å². The summed E-state index contributed by atoms with van der Waals surface area (Å²) in [5.41, 5.74) is 1.20. The van der Waals surface area contributed by atoms with Gasteiger partial charge in [0.1, 0.15) is 0 Å². The van der Waals surface area contributed by atoms with Crippen molar-refractivity contribution in [2.75, 3.05) is 6.61 Å². The van der Waals surface area contributed by atoms with Gasteiger partial charge in [-0.3, -0.25) is 4.89 Å². The molecule has 0 aliphatic heterocycles. The van der Waals surface area contributed by atoms with Crippen molar-refractivity contribution in [2.45, 2.75) is 39.5 Å². The molecule has 0 radical (unpaired) electrons. The van der Waals surface area contributed by atoms with E-state index in [4.69, 9.17) is 4.74 Å². The summed E-state index contributed by atoms with van der Waals surface area (Å²) < 4.78 is 4.72. The van der Waals surface area contributed by atoms with Crippen LogP contribution in [0.5, 0.6) is 0 Å². The number of hydrogen-bond donors (Lipinski definition) is 0. The quantitative estimate of drug-likeness (QED) is 0.315. The molecule has 0 aliphatic carbocycles. The molecule has 0 unspecified atom stereocenters. The number of hydrogen-bond acceptors (Lipinski definition) is 6. The molecule has 0 saturated carbocycles. The predicted octanol–water partition coefficient (Wildman–Crippen LogP) is 3.73. The van der Waals surface area contributed by atoms with Crippen molar-refractivity contribution in [1.82, 2.24) is 0 Å². The monoisotopic (exact) mass is 296 g/mol. The van der Waals surface area contributed by atoms with Gasteiger partial charge < -0.3 is 4.74 Å². The summed E-state index contributed by atoms with van der Waals surface area (Å²) in [6, 6.07) is 6.73. The largest absolute Gasteiger partial charge is 0.543 e. The zero-order valence-electron chi connectivity index (χ0n) is 12.3. The summed E-state index contributed by atoms with van der Waals surface area (Å²) in [4.78, 5) is 31.1. The van der Waals surface area contributed by atoms with E-state index < -0.39 is 12.1 Å². The van der Waals surface area contributed by atoms with Crippen LogP contribution in [0.25, 0.3) is 0 Å². The highest BCUT2D eigenvalue weighted by Crippen LogP contribution is 2.06. The number of ether oxygens (including phenoxy) is 1. The molecule has 1 rings (SSSR count). The van der Waals surface area contributed by atoms with Gasteiger partial charge in [0, 0.05) is 0 Å². The highest BCUT2D eigenvalue weighted by molar-refractivity contribution is 5.89. The van der Waals surface area contributed by atoms with Crippen LogP contribution in [0.15, 0.2) is 24.3 Å². The Morgan fingerprint density at radius 3 is 2.62 bits per heavy atom. The number of carbonyl (C=O) groups is 2. The van der Waals surface area contributed by atoms with Crippen molar-refractivity contribution in [3.05, 3.63) is 35.4 Å². The summed E-state index contributed by atoms with van der Waals surface area (Å²) in [5.74, 6) is -0.755. The fourth-order valence-electron chi connectivity index (χ4n) is 1.60. The van der Waals surface area contributed by atoms with Gasteiger partial charge in [0.05, 0.1) is 17.2 Å². The molecule has 0 fully saturated rings. The third kappa shape index (κ3) is 7.31. The first-order valence-corrected chi connectivity index (χ1v) is 6.92. The van der Waals surface area contributed by atoms with Crippen LogP contribution in [0.4, 0.5) is 4.79 Å². The van der Waals surface area contributed by atoms with Crippen LogP contribution in [-0.2, 0) is 19.6 Å². The lowest BCUT2D eigenvalue weighted by Crippen LogP contribution is -2.12. The molecule has 0 atom stereocenters. The van der Waals surface area contributed by atoms with Crippen molar-refractivity contribution < 1.29 is 29.1 Å². The van der Waals surface area contributed by atoms with Crippen LogP contribution in [-0.4, -0.2) is 18.7 Å². The Labute approximate surface area is 123 Å². The van der Waals surface area contributed by atoms with Crippen LogP contribution in [0.1, 0.15) is 48.5 Å². The third-order valence-electron chi connectivity index (χ3n) is 2.68.